The van der Waals surface area contributed by atoms with Crippen molar-refractivity contribution in [3.05, 3.63) is 23.8 Å². The van der Waals surface area contributed by atoms with Crippen LogP contribution < -0.4 is 0 Å². The van der Waals surface area contributed by atoms with Gasteiger partial charge in [0.15, 0.2) is 0 Å². The maximum Gasteiger partial charge on any atom is 0.354 e. The van der Waals surface area contributed by atoms with E-state index in [0.717, 1.165) is 81.2 Å². The van der Waals surface area contributed by atoms with Crippen molar-refractivity contribution < 1.29 is 28.8 Å². The number of esters is 1. The first-order chi connectivity index (χ1) is 23.4. The summed E-state index contributed by atoms with van der Waals surface area (Å²) in [5, 5.41) is 4.51. The fourth-order valence-electron chi connectivity index (χ4n) is 14.2. The second kappa shape index (κ2) is 10.9. The van der Waals surface area contributed by atoms with Gasteiger partial charge in [-0.2, -0.15) is 0 Å². The summed E-state index contributed by atoms with van der Waals surface area (Å²) in [7, 11) is 1.57. The first kappa shape index (κ1) is 34.3. The first-order valence-corrected chi connectivity index (χ1v) is 19.5. The molecule has 1 saturated heterocycles. The first-order valence-electron chi connectivity index (χ1n) is 19.5. The van der Waals surface area contributed by atoms with E-state index in [0.29, 0.717) is 11.8 Å². The lowest BCUT2D eigenvalue weighted by Crippen LogP contribution is -2.64. The van der Waals surface area contributed by atoms with E-state index < -0.39 is 11.4 Å². The standard InChI is InChI=1S/C42H58N2O6/c1-37(2)17-19-42(36(48)49-8)20-18-40(6)26(27(42)22-37)11-12-29-39(5)15-14-30(38(3,4)28(39)13-16-41(29,40)7)43-50-31(45)23-44-34(46)32-24-9-10-25(21-24)33(32)35(44)47/h9-11,24-25,27-29,32-33H,12-23H2,1-8H3/b43-30+/t24?,25?,27?,28?,29?,32?,33?,39-,40+,41+,42-/m0/s1. The molecular formula is C42H58N2O6. The predicted octanol–water partition coefficient (Wildman–Crippen LogP) is 7.67. The summed E-state index contributed by atoms with van der Waals surface area (Å²) in [6, 6.07) is 0. The van der Waals surface area contributed by atoms with Crippen molar-refractivity contribution in [1.29, 1.82) is 0 Å². The van der Waals surface area contributed by atoms with Crippen molar-refractivity contribution in [3.63, 3.8) is 0 Å². The number of hydrogen-bond donors (Lipinski definition) is 0. The van der Waals surface area contributed by atoms with Crippen molar-refractivity contribution in [2.24, 2.45) is 79.1 Å². The molecule has 0 aromatic rings. The summed E-state index contributed by atoms with van der Waals surface area (Å²) in [5.74, 6) is -0.466. The molecule has 7 unspecified atom stereocenters. The molecule has 50 heavy (non-hydrogen) atoms. The number of imide groups is 1. The fraction of sp³-hybridized carbons (Fsp3) is 0.786. The molecule has 2 bridgehead atoms. The minimum atomic E-state index is -0.649. The molecule has 0 spiro atoms. The summed E-state index contributed by atoms with van der Waals surface area (Å²) in [6.45, 7) is 16.5. The van der Waals surface area contributed by atoms with E-state index in [1.165, 1.54) is 5.57 Å². The van der Waals surface area contributed by atoms with Crippen LogP contribution in [0.2, 0.25) is 0 Å². The molecule has 5 saturated carbocycles. The Morgan fingerprint density at radius 3 is 2.20 bits per heavy atom. The van der Waals surface area contributed by atoms with Crippen molar-refractivity contribution in [2.45, 2.75) is 119 Å². The third-order valence-electron chi connectivity index (χ3n) is 17.1. The Labute approximate surface area is 298 Å². The highest BCUT2D eigenvalue weighted by atomic mass is 16.7. The maximum atomic E-state index is 13.6. The van der Waals surface area contributed by atoms with E-state index in [4.69, 9.17) is 9.57 Å². The number of allylic oxidation sites excluding steroid dienone is 4. The van der Waals surface area contributed by atoms with Gasteiger partial charge in [-0.15, -0.1) is 0 Å². The Balaban J connectivity index is 1.01. The lowest BCUT2D eigenvalue weighted by Gasteiger charge is -2.70. The van der Waals surface area contributed by atoms with E-state index in [2.05, 4.69) is 71.8 Å². The average molecular weight is 687 g/mol. The Kier molecular flexibility index (Phi) is 7.47. The largest absolute Gasteiger partial charge is 0.469 e. The molecule has 0 radical (unpaired) electrons. The summed E-state index contributed by atoms with van der Waals surface area (Å²) in [4.78, 5) is 59.6. The molecule has 272 valence electrons. The molecule has 0 aromatic heterocycles. The van der Waals surface area contributed by atoms with Gasteiger partial charge in [0.25, 0.3) is 0 Å². The van der Waals surface area contributed by atoms with Crippen molar-refractivity contribution >= 4 is 29.5 Å². The van der Waals surface area contributed by atoms with Crippen LogP contribution in [0.5, 0.6) is 0 Å². The Hall–Kier alpha value is -2.77. The van der Waals surface area contributed by atoms with Gasteiger partial charge in [0.05, 0.1) is 30.1 Å². The molecule has 1 heterocycles. The highest BCUT2D eigenvalue weighted by Crippen LogP contribution is 2.75. The monoisotopic (exact) mass is 686 g/mol. The molecule has 0 N–H and O–H groups in total. The van der Waals surface area contributed by atoms with Crippen LogP contribution in [-0.2, 0) is 28.8 Å². The van der Waals surface area contributed by atoms with Crippen LogP contribution in [0.1, 0.15) is 119 Å². The van der Waals surface area contributed by atoms with Gasteiger partial charge in [0, 0.05) is 5.41 Å². The van der Waals surface area contributed by atoms with Gasteiger partial charge in [-0.3, -0.25) is 19.3 Å². The van der Waals surface area contributed by atoms with E-state index in [1.807, 2.05) is 0 Å². The number of fused-ring (bicyclic) bond motifs is 12. The number of likely N-dealkylation sites (tertiary alicyclic amines) is 1. The number of ether oxygens (including phenoxy) is 1. The predicted molar refractivity (Wildman–Crippen MR) is 189 cm³/mol. The van der Waals surface area contributed by atoms with Crippen LogP contribution in [0.4, 0.5) is 0 Å². The lowest BCUT2D eigenvalue weighted by atomic mass is 9.33. The topological polar surface area (TPSA) is 102 Å². The lowest BCUT2D eigenvalue weighted by molar-refractivity contribution is -0.181. The second-order valence-corrected chi connectivity index (χ2v) is 19.8. The van der Waals surface area contributed by atoms with E-state index in [-0.39, 0.29) is 81.0 Å². The van der Waals surface area contributed by atoms with E-state index >= 15 is 0 Å². The van der Waals surface area contributed by atoms with Crippen LogP contribution >= 0.6 is 0 Å². The summed E-state index contributed by atoms with van der Waals surface area (Å²) in [6.07, 6.45) is 17.4. The molecule has 8 heteroatoms. The number of amides is 2. The quantitative estimate of drug-likeness (QED) is 0.0989. The van der Waals surface area contributed by atoms with Gasteiger partial charge in [-0.25, -0.2) is 4.79 Å². The normalized spacial score (nSPS) is 47.1. The minimum Gasteiger partial charge on any atom is -0.469 e. The molecule has 1 aliphatic heterocycles. The van der Waals surface area contributed by atoms with Crippen LogP contribution in [0, 0.1) is 73.9 Å². The van der Waals surface area contributed by atoms with Crippen LogP contribution in [-0.4, -0.2) is 48.0 Å². The Morgan fingerprint density at radius 1 is 0.880 bits per heavy atom. The number of carbonyl (C=O) groups is 4. The molecule has 7 aliphatic carbocycles. The van der Waals surface area contributed by atoms with Crippen LogP contribution in [0.15, 0.2) is 29.0 Å². The molecule has 8 rings (SSSR count). The highest BCUT2D eigenvalue weighted by Gasteiger charge is 2.69. The maximum absolute atomic E-state index is 13.6. The summed E-state index contributed by atoms with van der Waals surface area (Å²) < 4.78 is 5.54. The molecule has 2 amide bonds. The van der Waals surface area contributed by atoms with Crippen molar-refractivity contribution in [2.75, 3.05) is 13.7 Å². The number of rotatable bonds is 4. The zero-order chi connectivity index (χ0) is 35.8. The third-order valence-corrected chi connectivity index (χ3v) is 17.1. The number of methoxy groups -OCH3 is 1. The second-order valence-electron chi connectivity index (χ2n) is 19.8. The number of oxime groups is 1. The van der Waals surface area contributed by atoms with Gasteiger partial charge >= 0.3 is 11.9 Å². The molecule has 0 aromatic carbocycles. The van der Waals surface area contributed by atoms with Crippen molar-refractivity contribution in [1.82, 2.24) is 4.90 Å². The van der Waals surface area contributed by atoms with Gasteiger partial charge in [0.1, 0.15) is 6.54 Å². The summed E-state index contributed by atoms with van der Waals surface area (Å²) >= 11 is 0. The smallest absolute Gasteiger partial charge is 0.354 e. The molecule has 8 aliphatic rings. The molecule has 8 nitrogen and oxygen atoms in total. The van der Waals surface area contributed by atoms with Gasteiger partial charge < -0.3 is 9.57 Å². The number of hydrogen-bond acceptors (Lipinski definition) is 7. The Bertz CT molecular complexity index is 1610. The average Bonchev–Trinajstić information content (AvgIpc) is 3.74. The zero-order valence-electron chi connectivity index (χ0n) is 31.6. The van der Waals surface area contributed by atoms with Gasteiger partial charge in [-0.05, 0) is 122 Å². The van der Waals surface area contributed by atoms with E-state index in [1.54, 1.807) is 7.11 Å². The Morgan fingerprint density at radius 2 is 1.54 bits per heavy atom. The van der Waals surface area contributed by atoms with E-state index in [9.17, 15) is 19.2 Å². The summed E-state index contributed by atoms with van der Waals surface area (Å²) in [5.41, 5.74) is 2.16. The van der Waals surface area contributed by atoms with Crippen LogP contribution in [0.25, 0.3) is 0 Å². The third kappa shape index (κ3) is 4.37. The number of nitrogens with zero attached hydrogens (tertiary/aromatic N) is 2. The minimum absolute atomic E-state index is 0.00386. The van der Waals surface area contributed by atoms with Crippen molar-refractivity contribution in [3.8, 4) is 0 Å². The van der Waals surface area contributed by atoms with Gasteiger partial charge in [-0.1, -0.05) is 77.4 Å². The SMILES string of the molecule is COC(=O)[C@]12CCC(C)(C)CC1C1=CCC3[C@@]4(C)CC/C(=N\OC(=O)CN5C(=O)C6C7C=CC(C7)C6C5=O)C(C)(C)C4CC[C@@]3(C)[C@]1(C)CC2. The zero-order valence-corrected chi connectivity index (χ0v) is 31.6. The number of carbonyl (C=O) groups excluding carboxylic acids is 4. The molecule has 11 atom stereocenters. The fourth-order valence-corrected chi connectivity index (χ4v) is 14.2. The molecule has 6 fully saturated rings. The molecular weight excluding hydrogens is 628 g/mol. The highest BCUT2D eigenvalue weighted by molar-refractivity contribution is 6.08. The van der Waals surface area contributed by atoms with Gasteiger partial charge in [0.2, 0.25) is 11.8 Å². The van der Waals surface area contributed by atoms with Crippen LogP contribution in [0.3, 0.4) is 0 Å².